The summed E-state index contributed by atoms with van der Waals surface area (Å²) in [7, 11) is 1.46. The fourth-order valence-electron chi connectivity index (χ4n) is 2.48. The number of benzene rings is 2. The van der Waals surface area contributed by atoms with Gasteiger partial charge in [0.05, 0.1) is 19.6 Å². The molecule has 2 aromatic carbocycles. The van der Waals surface area contributed by atoms with Gasteiger partial charge >= 0.3 is 0 Å². The van der Waals surface area contributed by atoms with Crippen molar-refractivity contribution < 1.29 is 19.4 Å². The van der Waals surface area contributed by atoms with Crippen molar-refractivity contribution in [2.45, 2.75) is 25.9 Å². The minimum absolute atomic E-state index is 0.0380. The van der Waals surface area contributed by atoms with Crippen LogP contribution in [0.15, 0.2) is 42.5 Å². The Labute approximate surface area is 157 Å². The third-order valence-electron chi connectivity index (χ3n) is 3.77. The number of phenols is 1. The third-order valence-corrected chi connectivity index (χ3v) is 4.03. The topological polar surface area (TPSA) is 87.7 Å². The van der Waals surface area contributed by atoms with E-state index >= 15 is 0 Å². The molecule has 0 fully saturated rings. The summed E-state index contributed by atoms with van der Waals surface area (Å²) in [5.74, 6) is -0.0585. The molecule has 0 heterocycles. The second kappa shape index (κ2) is 9.10. The van der Waals surface area contributed by atoms with Gasteiger partial charge in [0.2, 0.25) is 11.8 Å². The Morgan fingerprint density at radius 3 is 2.50 bits per heavy atom. The number of methoxy groups -OCH3 is 1. The Hall–Kier alpha value is -2.73. The Bertz CT molecular complexity index is 778. The van der Waals surface area contributed by atoms with Gasteiger partial charge in [-0.25, -0.2) is 0 Å². The highest BCUT2D eigenvalue weighted by Gasteiger charge is 2.17. The highest BCUT2D eigenvalue weighted by atomic mass is 35.5. The molecule has 1 atom stereocenters. The number of hydrogen-bond acceptors (Lipinski definition) is 4. The molecule has 2 aromatic rings. The average molecular weight is 377 g/mol. The molecule has 0 aliphatic heterocycles. The molecule has 2 rings (SSSR count). The summed E-state index contributed by atoms with van der Waals surface area (Å²) in [6, 6.07) is 11.4. The fraction of sp³-hybridized carbons (Fsp3) is 0.263. The Morgan fingerprint density at radius 2 is 1.88 bits per heavy atom. The monoisotopic (exact) mass is 376 g/mol. The van der Waals surface area contributed by atoms with Crippen LogP contribution in [0.4, 0.5) is 0 Å². The molecule has 0 bridgehead atoms. The summed E-state index contributed by atoms with van der Waals surface area (Å²) in [5, 5.41) is 15.8. The number of amides is 2. The molecule has 7 heteroatoms. The van der Waals surface area contributed by atoms with E-state index in [-0.39, 0.29) is 30.5 Å². The second-order valence-corrected chi connectivity index (χ2v) is 6.23. The van der Waals surface area contributed by atoms with E-state index in [2.05, 4.69) is 10.6 Å². The first-order valence-corrected chi connectivity index (χ1v) is 8.42. The molecule has 0 aliphatic carbocycles. The minimum Gasteiger partial charge on any atom is -0.504 e. The second-order valence-electron chi connectivity index (χ2n) is 5.79. The van der Waals surface area contributed by atoms with E-state index in [0.717, 1.165) is 11.1 Å². The van der Waals surface area contributed by atoms with Crippen molar-refractivity contribution >= 4 is 23.4 Å². The first-order chi connectivity index (χ1) is 12.4. The van der Waals surface area contributed by atoms with Crippen LogP contribution < -0.4 is 15.4 Å². The molecule has 0 spiro atoms. The number of halogens is 1. The lowest BCUT2D eigenvalue weighted by atomic mass is 10.0. The summed E-state index contributed by atoms with van der Waals surface area (Å²) in [4.78, 5) is 23.8. The maximum absolute atomic E-state index is 12.3. The number of rotatable bonds is 7. The first kappa shape index (κ1) is 19.6. The van der Waals surface area contributed by atoms with E-state index in [1.807, 2.05) is 0 Å². The maximum atomic E-state index is 12.3. The number of hydrogen-bond donors (Lipinski definition) is 3. The lowest BCUT2D eigenvalue weighted by Crippen LogP contribution is -2.32. The van der Waals surface area contributed by atoms with E-state index in [9.17, 15) is 14.7 Å². The highest BCUT2D eigenvalue weighted by Crippen LogP contribution is 2.26. The summed E-state index contributed by atoms with van der Waals surface area (Å²) in [6.07, 6.45) is 0.0937. The smallest absolute Gasteiger partial charge is 0.222 e. The molecule has 0 aliphatic rings. The molecule has 3 N–H and O–H groups in total. The zero-order valence-corrected chi connectivity index (χ0v) is 15.3. The van der Waals surface area contributed by atoms with Crippen molar-refractivity contribution in [3.05, 3.63) is 58.6 Å². The quantitative estimate of drug-likeness (QED) is 0.693. The van der Waals surface area contributed by atoms with Crippen LogP contribution in [0.25, 0.3) is 0 Å². The summed E-state index contributed by atoms with van der Waals surface area (Å²) in [5.41, 5.74) is 1.58. The normalized spacial score (nSPS) is 11.5. The van der Waals surface area contributed by atoms with Gasteiger partial charge in [-0.15, -0.1) is 0 Å². The number of carbonyl (C=O) groups is 2. The van der Waals surface area contributed by atoms with E-state index < -0.39 is 6.04 Å². The van der Waals surface area contributed by atoms with Crippen molar-refractivity contribution in [2.24, 2.45) is 0 Å². The largest absolute Gasteiger partial charge is 0.504 e. The van der Waals surface area contributed by atoms with Gasteiger partial charge in [-0.1, -0.05) is 29.8 Å². The van der Waals surface area contributed by atoms with Gasteiger partial charge < -0.3 is 20.5 Å². The van der Waals surface area contributed by atoms with Crippen LogP contribution in [0.1, 0.15) is 30.5 Å². The third kappa shape index (κ3) is 5.67. The predicted molar refractivity (Wildman–Crippen MR) is 99.1 cm³/mol. The molecule has 0 radical (unpaired) electrons. The van der Waals surface area contributed by atoms with E-state index in [4.69, 9.17) is 16.3 Å². The molecule has 0 saturated heterocycles. The van der Waals surface area contributed by atoms with Crippen LogP contribution in [-0.4, -0.2) is 24.0 Å². The summed E-state index contributed by atoms with van der Waals surface area (Å²) < 4.78 is 5.05. The van der Waals surface area contributed by atoms with Gasteiger partial charge in [0, 0.05) is 18.5 Å². The van der Waals surface area contributed by atoms with Crippen molar-refractivity contribution in [2.75, 3.05) is 7.11 Å². The lowest BCUT2D eigenvalue weighted by Gasteiger charge is -2.18. The number of ether oxygens (including phenoxy) is 1. The van der Waals surface area contributed by atoms with Crippen LogP contribution in [0.3, 0.4) is 0 Å². The average Bonchev–Trinajstić information content (AvgIpc) is 2.60. The summed E-state index contributed by atoms with van der Waals surface area (Å²) >= 11 is 5.89. The van der Waals surface area contributed by atoms with Gasteiger partial charge in [-0.3, -0.25) is 9.59 Å². The Kier molecular flexibility index (Phi) is 6.86. The van der Waals surface area contributed by atoms with Crippen molar-refractivity contribution in [1.82, 2.24) is 10.6 Å². The predicted octanol–water partition coefficient (Wildman–Crippen LogP) is 2.94. The molecule has 138 valence electrons. The molecular formula is C19H21ClN2O4. The van der Waals surface area contributed by atoms with Crippen LogP contribution in [0, 0.1) is 0 Å². The Balaban J connectivity index is 2.00. The van der Waals surface area contributed by atoms with Crippen molar-refractivity contribution in [3.8, 4) is 11.5 Å². The van der Waals surface area contributed by atoms with Gasteiger partial charge in [-0.2, -0.15) is 0 Å². The van der Waals surface area contributed by atoms with Crippen molar-refractivity contribution in [1.29, 1.82) is 0 Å². The zero-order valence-electron chi connectivity index (χ0n) is 14.6. The molecule has 6 nitrogen and oxygen atoms in total. The minimum atomic E-state index is -0.445. The number of nitrogens with one attached hydrogen (secondary N) is 2. The number of carbonyl (C=O) groups excluding carboxylic acids is 2. The molecule has 0 aromatic heterocycles. The molecule has 0 unspecified atom stereocenters. The molecule has 26 heavy (non-hydrogen) atoms. The SMILES string of the molecule is COc1cc(CNC(=O)C[C@@H](NC(C)=O)c2ccc(Cl)cc2)ccc1O. The number of aromatic hydroxyl groups is 1. The van der Waals surface area contributed by atoms with Gasteiger partial charge in [0.15, 0.2) is 11.5 Å². The van der Waals surface area contributed by atoms with Crippen LogP contribution in [-0.2, 0) is 16.1 Å². The highest BCUT2D eigenvalue weighted by molar-refractivity contribution is 6.30. The van der Waals surface area contributed by atoms with E-state index in [1.165, 1.54) is 20.1 Å². The molecule has 2 amide bonds. The number of phenolic OH excluding ortho intramolecular Hbond substituents is 1. The first-order valence-electron chi connectivity index (χ1n) is 8.04. The zero-order chi connectivity index (χ0) is 19.1. The van der Waals surface area contributed by atoms with E-state index in [0.29, 0.717) is 10.8 Å². The van der Waals surface area contributed by atoms with Gasteiger partial charge in [0.1, 0.15) is 0 Å². The van der Waals surface area contributed by atoms with Crippen LogP contribution >= 0.6 is 11.6 Å². The van der Waals surface area contributed by atoms with Gasteiger partial charge in [0.25, 0.3) is 0 Å². The fourth-order valence-corrected chi connectivity index (χ4v) is 2.61. The summed E-state index contributed by atoms with van der Waals surface area (Å²) in [6.45, 7) is 1.69. The van der Waals surface area contributed by atoms with Crippen LogP contribution in [0.2, 0.25) is 5.02 Å². The molecule has 0 saturated carbocycles. The Morgan fingerprint density at radius 1 is 1.19 bits per heavy atom. The van der Waals surface area contributed by atoms with Crippen LogP contribution in [0.5, 0.6) is 11.5 Å². The van der Waals surface area contributed by atoms with Crippen molar-refractivity contribution in [3.63, 3.8) is 0 Å². The standard InChI is InChI=1S/C19H21ClN2O4/c1-12(23)22-16(14-4-6-15(20)7-5-14)10-19(25)21-11-13-3-8-17(24)18(9-13)26-2/h3-9,16,24H,10-11H2,1-2H3,(H,21,25)(H,22,23)/t16-/m1/s1. The maximum Gasteiger partial charge on any atom is 0.222 e. The lowest BCUT2D eigenvalue weighted by molar-refractivity contribution is -0.122. The molecular weight excluding hydrogens is 356 g/mol. The van der Waals surface area contributed by atoms with Gasteiger partial charge in [-0.05, 0) is 35.4 Å². The van der Waals surface area contributed by atoms with E-state index in [1.54, 1.807) is 36.4 Å².